The van der Waals surface area contributed by atoms with Gasteiger partial charge in [0.05, 0.1) is 29.3 Å². The number of nitrogens with zero attached hydrogens (tertiary/aromatic N) is 2. The van der Waals surface area contributed by atoms with Crippen molar-refractivity contribution in [2.75, 3.05) is 12.3 Å². The van der Waals surface area contributed by atoms with Crippen molar-refractivity contribution in [3.8, 4) is 0 Å². The van der Waals surface area contributed by atoms with E-state index in [0.29, 0.717) is 17.0 Å². The summed E-state index contributed by atoms with van der Waals surface area (Å²) in [7, 11) is -0.649. The average Bonchev–Trinajstić information content (AvgIpc) is 2.93. The number of hydrogen-bond donors (Lipinski definition) is 2. The molecule has 8 nitrogen and oxygen atoms in total. The molecule has 1 aromatic heterocycles. The molecule has 0 bridgehead atoms. The Morgan fingerprint density at radius 2 is 1.80 bits per heavy atom. The Morgan fingerprint density at radius 1 is 1.13 bits per heavy atom. The van der Waals surface area contributed by atoms with E-state index in [2.05, 4.69) is 15.3 Å². The van der Waals surface area contributed by atoms with Crippen molar-refractivity contribution in [2.45, 2.75) is 45.5 Å². The van der Waals surface area contributed by atoms with Crippen LogP contribution in [0.25, 0.3) is 6.08 Å². The zero-order valence-corrected chi connectivity index (χ0v) is 17.7. The van der Waals surface area contributed by atoms with E-state index in [-0.39, 0.29) is 13.2 Å². The molecule has 0 unspecified atom stereocenters. The van der Waals surface area contributed by atoms with E-state index >= 15 is 0 Å². The minimum absolute atomic E-state index is 0.163. The van der Waals surface area contributed by atoms with Gasteiger partial charge in [0, 0.05) is 6.54 Å². The van der Waals surface area contributed by atoms with E-state index in [4.69, 9.17) is 19.8 Å². The van der Waals surface area contributed by atoms with Gasteiger partial charge in [0.25, 0.3) is 0 Å². The third-order valence-electron chi connectivity index (χ3n) is 5.23. The van der Waals surface area contributed by atoms with Gasteiger partial charge in [-0.25, -0.2) is 9.78 Å². The zero-order chi connectivity index (χ0) is 21.8. The van der Waals surface area contributed by atoms with Crippen molar-refractivity contribution in [2.24, 2.45) is 0 Å². The average molecular weight is 410 g/mol. The summed E-state index contributed by atoms with van der Waals surface area (Å²) in [6.45, 7) is 8.22. The Morgan fingerprint density at radius 3 is 2.40 bits per heavy atom. The molecule has 1 aliphatic heterocycles. The van der Waals surface area contributed by atoms with Crippen LogP contribution in [0.15, 0.2) is 48.2 Å². The van der Waals surface area contributed by atoms with Gasteiger partial charge in [-0.3, -0.25) is 4.98 Å². The SMILES string of the molecule is CC1(C)OB(C(=Cc2cnc(N)cn2)CNC(=O)OCc2ccccc2)OC1(C)C. The lowest BCUT2D eigenvalue weighted by molar-refractivity contribution is 0.00578. The van der Waals surface area contributed by atoms with Gasteiger partial charge in [-0.1, -0.05) is 30.3 Å². The second-order valence-electron chi connectivity index (χ2n) is 8.09. The van der Waals surface area contributed by atoms with Crippen molar-refractivity contribution in [1.82, 2.24) is 15.3 Å². The first-order valence-corrected chi connectivity index (χ1v) is 9.74. The number of carbonyl (C=O) groups is 1. The third kappa shape index (κ3) is 5.37. The van der Waals surface area contributed by atoms with E-state index < -0.39 is 24.4 Å². The molecule has 0 radical (unpaired) electrons. The Bertz CT molecular complexity index is 885. The summed E-state index contributed by atoms with van der Waals surface area (Å²) in [4.78, 5) is 20.5. The van der Waals surface area contributed by atoms with E-state index in [1.54, 1.807) is 12.3 Å². The van der Waals surface area contributed by atoms with Crippen LogP contribution in [-0.4, -0.2) is 40.9 Å². The highest BCUT2D eigenvalue weighted by Crippen LogP contribution is 2.38. The van der Waals surface area contributed by atoms with Crippen LogP contribution < -0.4 is 11.1 Å². The molecule has 0 spiro atoms. The van der Waals surface area contributed by atoms with Crippen LogP contribution in [0.1, 0.15) is 39.0 Å². The summed E-state index contributed by atoms with van der Waals surface area (Å²) < 4.78 is 17.5. The van der Waals surface area contributed by atoms with E-state index in [0.717, 1.165) is 5.56 Å². The molecule has 1 saturated heterocycles. The number of benzene rings is 1. The lowest BCUT2D eigenvalue weighted by Gasteiger charge is -2.32. The molecule has 158 valence electrons. The molecular weight excluding hydrogens is 383 g/mol. The summed E-state index contributed by atoms with van der Waals surface area (Å²) >= 11 is 0. The van der Waals surface area contributed by atoms with Gasteiger partial charge in [0.2, 0.25) is 0 Å². The topological polar surface area (TPSA) is 109 Å². The minimum Gasteiger partial charge on any atom is -0.445 e. The molecule has 30 heavy (non-hydrogen) atoms. The predicted molar refractivity (Wildman–Crippen MR) is 115 cm³/mol. The van der Waals surface area contributed by atoms with Crippen LogP contribution in [-0.2, 0) is 20.7 Å². The van der Waals surface area contributed by atoms with Gasteiger partial charge in [-0.2, -0.15) is 0 Å². The normalized spacial score (nSPS) is 17.6. The summed E-state index contributed by atoms with van der Waals surface area (Å²) in [5.74, 6) is 0.326. The molecule has 0 saturated carbocycles. The molecule has 0 aliphatic carbocycles. The summed E-state index contributed by atoms with van der Waals surface area (Å²) in [5, 5.41) is 2.75. The molecule has 3 N–H and O–H groups in total. The Balaban J connectivity index is 1.70. The van der Waals surface area contributed by atoms with Gasteiger partial charge in [-0.05, 0) is 44.8 Å². The molecule has 1 aliphatic rings. The number of alkyl carbamates (subject to hydrolysis) is 1. The van der Waals surface area contributed by atoms with E-state index in [9.17, 15) is 4.79 Å². The van der Waals surface area contributed by atoms with E-state index in [1.807, 2.05) is 58.0 Å². The maximum atomic E-state index is 12.2. The molecule has 9 heteroatoms. The number of nitrogens with one attached hydrogen (secondary N) is 1. The maximum Gasteiger partial charge on any atom is 0.492 e. The fourth-order valence-electron chi connectivity index (χ4n) is 2.76. The van der Waals surface area contributed by atoms with Gasteiger partial charge < -0.3 is 25.1 Å². The fraction of sp³-hybridized carbons (Fsp3) is 0.381. The molecule has 0 atom stereocenters. The second kappa shape index (κ2) is 8.85. The molecule has 3 rings (SSSR count). The van der Waals surface area contributed by atoms with Crippen LogP contribution in [0.4, 0.5) is 10.6 Å². The highest BCUT2D eigenvalue weighted by Gasteiger charge is 2.52. The zero-order valence-electron chi connectivity index (χ0n) is 17.7. The first-order valence-electron chi connectivity index (χ1n) is 9.74. The van der Waals surface area contributed by atoms with Crippen molar-refractivity contribution in [1.29, 1.82) is 0 Å². The van der Waals surface area contributed by atoms with Crippen molar-refractivity contribution < 1.29 is 18.8 Å². The summed E-state index contributed by atoms with van der Waals surface area (Å²) in [5.41, 5.74) is 6.75. The fourth-order valence-corrected chi connectivity index (χ4v) is 2.76. The molecule has 2 heterocycles. The second-order valence-corrected chi connectivity index (χ2v) is 8.09. The van der Waals surface area contributed by atoms with Gasteiger partial charge in [-0.15, -0.1) is 0 Å². The number of nitrogens with two attached hydrogens (primary N) is 1. The molecule has 2 aromatic rings. The van der Waals surface area contributed by atoms with Gasteiger partial charge in [0.1, 0.15) is 12.4 Å². The molecule has 1 fully saturated rings. The molecule has 1 amide bonds. The monoisotopic (exact) mass is 410 g/mol. The van der Waals surface area contributed by atoms with Crippen LogP contribution >= 0.6 is 0 Å². The number of ether oxygens (including phenoxy) is 1. The van der Waals surface area contributed by atoms with Crippen LogP contribution in [0.2, 0.25) is 0 Å². The first-order chi connectivity index (χ1) is 14.2. The van der Waals surface area contributed by atoms with Crippen LogP contribution in [0, 0.1) is 0 Å². The summed E-state index contributed by atoms with van der Waals surface area (Å²) in [6.07, 6.45) is 4.25. The van der Waals surface area contributed by atoms with Crippen molar-refractivity contribution in [3.05, 3.63) is 59.5 Å². The minimum atomic E-state index is -0.649. The largest absolute Gasteiger partial charge is 0.492 e. The lowest BCUT2D eigenvalue weighted by Crippen LogP contribution is -2.41. The predicted octanol–water partition coefficient (Wildman–Crippen LogP) is 3.00. The Kier molecular flexibility index (Phi) is 6.43. The van der Waals surface area contributed by atoms with Crippen molar-refractivity contribution >= 4 is 25.1 Å². The molecule has 1 aromatic carbocycles. The number of anilines is 1. The van der Waals surface area contributed by atoms with Gasteiger partial charge >= 0.3 is 13.2 Å². The lowest BCUT2D eigenvalue weighted by atomic mass is 9.77. The smallest absolute Gasteiger partial charge is 0.445 e. The number of rotatable bonds is 6. The summed E-state index contributed by atoms with van der Waals surface area (Å²) in [6, 6.07) is 9.48. The highest BCUT2D eigenvalue weighted by molar-refractivity contribution is 6.56. The van der Waals surface area contributed by atoms with E-state index in [1.165, 1.54) is 6.20 Å². The number of aromatic nitrogens is 2. The Labute approximate surface area is 177 Å². The van der Waals surface area contributed by atoms with Gasteiger partial charge in [0.15, 0.2) is 0 Å². The quantitative estimate of drug-likeness (QED) is 0.705. The van der Waals surface area contributed by atoms with Crippen LogP contribution in [0.5, 0.6) is 0 Å². The Hall–Kier alpha value is -2.91. The third-order valence-corrected chi connectivity index (χ3v) is 5.23. The highest BCUT2D eigenvalue weighted by atomic mass is 16.7. The number of carbonyl (C=O) groups excluding carboxylic acids is 1. The number of hydrogen-bond acceptors (Lipinski definition) is 7. The molecular formula is C21H27BN4O4. The maximum absolute atomic E-state index is 12.2. The first kappa shape index (κ1) is 21.8. The van der Waals surface area contributed by atoms with Crippen molar-refractivity contribution in [3.63, 3.8) is 0 Å². The number of amides is 1. The standard InChI is InChI=1S/C21H27BN4O4/c1-20(2)21(3,4)30-22(29-20)16(10-17-12-25-18(23)13-24-17)11-26-19(27)28-14-15-8-6-5-7-9-15/h5-10,12-13H,11,14H2,1-4H3,(H2,23,25)(H,26,27). The van der Waals surface area contributed by atoms with Crippen LogP contribution in [0.3, 0.4) is 0 Å². The number of nitrogen functional groups attached to an aromatic ring is 1.